The molecule has 0 aliphatic carbocycles. The number of anilines is 1. The van der Waals surface area contributed by atoms with Gasteiger partial charge in [0.2, 0.25) is 0 Å². The minimum absolute atomic E-state index is 0.663. The number of hydrogen-bond donors (Lipinski definition) is 1. The maximum absolute atomic E-state index is 5.69. The molecule has 0 unspecified atom stereocenters. The van der Waals surface area contributed by atoms with Gasteiger partial charge in [0.15, 0.2) is 5.11 Å². The van der Waals surface area contributed by atoms with Crippen LogP contribution in [0.1, 0.15) is 25.0 Å². The predicted octanol–water partition coefficient (Wildman–Crippen LogP) is 3.97. The molecule has 1 aliphatic heterocycles. The Hall–Kier alpha value is -2.05. The first kappa shape index (κ1) is 18.7. The number of thiocarbonyl (C=S) groups is 1. The van der Waals surface area contributed by atoms with E-state index in [2.05, 4.69) is 15.1 Å². The van der Waals surface area contributed by atoms with Gasteiger partial charge >= 0.3 is 0 Å². The molecule has 3 rings (SSSR count). The van der Waals surface area contributed by atoms with Crippen molar-refractivity contribution in [1.29, 1.82) is 0 Å². The molecule has 1 fully saturated rings. The number of ether oxygens (including phenoxy) is 1. The van der Waals surface area contributed by atoms with E-state index in [4.69, 9.17) is 21.4 Å². The van der Waals surface area contributed by atoms with Crippen molar-refractivity contribution in [2.75, 3.05) is 38.6 Å². The average molecular weight is 374 g/mol. The molecule has 1 aromatic heterocycles. The summed E-state index contributed by atoms with van der Waals surface area (Å²) in [6, 6.07) is 11.7. The molecule has 1 aliphatic rings. The highest BCUT2D eigenvalue weighted by Gasteiger charge is 2.16. The fourth-order valence-electron chi connectivity index (χ4n) is 3.19. The number of benzene rings is 1. The van der Waals surface area contributed by atoms with Gasteiger partial charge in [0, 0.05) is 24.8 Å². The number of piperidine rings is 1. The van der Waals surface area contributed by atoms with Gasteiger partial charge in [-0.05, 0) is 62.4 Å². The number of rotatable bonds is 7. The Kier molecular flexibility index (Phi) is 6.91. The smallest absolute Gasteiger partial charge is 0.173 e. The van der Waals surface area contributed by atoms with Crippen LogP contribution in [0.2, 0.25) is 0 Å². The van der Waals surface area contributed by atoms with Crippen LogP contribution in [0.25, 0.3) is 0 Å². The van der Waals surface area contributed by atoms with Crippen LogP contribution in [-0.2, 0) is 6.54 Å². The molecule has 0 spiro atoms. The van der Waals surface area contributed by atoms with Gasteiger partial charge in [0.25, 0.3) is 0 Å². The number of methoxy groups -OCH3 is 1. The minimum atomic E-state index is 0.663. The highest BCUT2D eigenvalue weighted by molar-refractivity contribution is 7.80. The van der Waals surface area contributed by atoms with E-state index >= 15 is 0 Å². The molecule has 26 heavy (non-hydrogen) atoms. The molecule has 1 aromatic carbocycles. The van der Waals surface area contributed by atoms with Gasteiger partial charge in [0.05, 0.1) is 19.9 Å². The first-order chi connectivity index (χ1) is 12.7. The van der Waals surface area contributed by atoms with Gasteiger partial charge in [0.1, 0.15) is 11.5 Å². The van der Waals surface area contributed by atoms with Crippen molar-refractivity contribution in [1.82, 2.24) is 9.80 Å². The minimum Gasteiger partial charge on any atom is -0.497 e. The Morgan fingerprint density at radius 2 is 2.08 bits per heavy atom. The number of likely N-dealkylation sites (tertiary alicyclic amines) is 1. The molecule has 0 atom stereocenters. The SMILES string of the molecule is COc1cccc(NC(=S)N(CCN2CCCCC2)Cc2ccco2)c1. The molecule has 0 saturated carbocycles. The van der Waals surface area contributed by atoms with Crippen LogP contribution in [0.4, 0.5) is 5.69 Å². The summed E-state index contributed by atoms with van der Waals surface area (Å²) in [6.07, 6.45) is 5.65. The summed E-state index contributed by atoms with van der Waals surface area (Å²) in [4.78, 5) is 4.69. The molecule has 1 saturated heterocycles. The van der Waals surface area contributed by atoms with Crippen LogP contribution >= 0.6 is 12.2 Å². The van der Waals surface area contributed by atoms with E-state index in [-0.39, 0.29) is 0 Å². The van der Waals surface area contributed by atoms with Crippen LogP contribution in [0.5, 0.6) is 5.75 Å². The second kappa shape index (κ2) is 9.59. The monoisotopic (exact) mass is 373 g/mol. The Bertz CT molecular complexity index is 684. The van der Waals surface area contributed by atoms with Crippen molar-refractivity contribution >= 4 is 23.0 Å². The van der Waals surface area contributed by atoms with E-state index < -0.39 is 0 Å². The van der Waals surface area contributed by atoms with E-state index in [0.717, 1.165) is 30.3 Å². The van der Waals surface area contributed by atoms with E-state index in [0.29, 0.717) is 11.7 Å². The third kappa shape index (κ3) is 5.47. The first-order valence-corrected chi connectivity index (χ1v) is 9.60. The van der Waals surface area contributed by atoms with Crippen molar-refractivity contribution in [2.24, 2.45) is 0 Å². The zero-order chi connectivity index (χ0) is 18.2. The molecular weight excluding hydrogens is 346 g/mol. The molecule has 5 nitrogen and oxygen atoms in total. The molecule has 0 bridgehead atoms. The summed E-state index contributed by atoms with van der Waals surface area (Å²) in [5, 5.41) is 4.03. The lowest BCUT2D eigenvalue weighted by atomic mass is 10.1. The van der Waals surface area contributed by atoms with Gasteiger partial charge in [-0.25, -0.2) is 0 Å². The summed E-state index contributed by atoms with van der Waals surface area (Å²) >= 11 is 5.69. The second-order valence-electron chi connectivity index (χ2n) is 6.57. The Morgan fingerprint density at radius 3 is 2.81 bits per heavy atom. The van der Waals surface area contributed by atoms with E-state index in [1.165, 1.54) is 32.4 Å². The van der Waals surface area contributed by atoms with Gasteiger partial charge in [-0.2, -0.15) is 0 Å². The Morgan fingerprint density at radius 1 is 1.23 bits per heavy atom. The van der Waals surface area contributed by atoms with E-state index in [1.807, 2.05) is 36.4 Å². The maximum atomic E-state index is 5.69. The predicted molar refractivity (Wildman–Crippen MR) is 109 cm³/mol. The fourth-order valence-corrected chi connectivity index (χ4v) is 3.47. The lowest BCUT2D eigenvalue weighted by Crippen LogP contribution is -2.41. The maximum Gasteiger partial charge on any atom is 0.173 e. The van der Waals surface area contributed by atoms with E-state index in [9.17, 15) is 0 Å². The van der Waals surface area contributed by atoms with Crippen LogP contribution in [-0.4, -0.2) is 48.2 Å². The molecule has 140 valence electrons. The number of nitrogens with one attached hydrogen (secondary N) is 1. The normalized spacial score (nSPS) is 14.8. The van der Waals surface area contributed by atoms with Gasteiger partial charge in [-0.15, -0.1) is 0 Å². The highest BCUT2D eigenvalue weighted by atomic mass is 32.1. The van der Waals surface area contributed by atoms with Crippen molar-refractivity contribution in [2.45, 2.75) is 25.8 Å². The third-order valence-electron chi connectivity index (χ3n) is 4.67. The van der Waals surface area contributed by atoms with Gasteiger partial charge in [-0.1, -0.05) is 12.5 Å². The van der Waals surface area contributed by atoms with Crippen molar-refractivity contribution in [3.05, 3.63) is 48.4 Å². The molecule has 2 heterocycles. The average Bonchev–Trinajstić information content (AvgIpc) is 3.19. The quantitative estimate of drug-likeness (QED) is 0.741. The van der Waals surface area contributed by atoms with Crippen LogP contribution in [0, 0.1) is 0 Å². The summed E-state index contributed by atoms with van der Waals surface area (Å²) in [5.74, 6) is 1.72. The summed E-state index contributed by atoms with van der Waals surface area (Å²) in [6.45, 7) is 4.92. The lowest BCUT2D eigenvalue weighted by molar-refractivity contribution is 0.207. The summed E-state index contributed by atoms with van der Waals surface area (Å²) in [7, 11) is 1.67. The molecule has 6 heteroatoms. The van der Waals surface area contributed by atoms with Crippen molar-refractivity contribution in [3.8, 4) is 5.75 Å². The molecular formula is C20H27N3O2S. The number of nitrogens with zero attached hydrogens (tertiary/aromatic N) is 2. The lowest BCUT2D eigenvalue weighted by Gasteiger charge is -2.31. The van der Waals surface area contributed by atoms with Gasteiger partial charge in [-0.3, -0.25) is 0 Å². The number of hydrogen-bond acceptors (Lipinski definition) is 4. The van der Waals surface area contributed by atoms with Gasteiger partial charge < -0.3 is 24.3 Å². The Labute approximate surface area is 160 Å². The highest BCUT2D eigenvalue weighted by Crippen LogP contribution is 2.18. The summed E-state index contributed by atoms with van der Waals surface area (Å²) in [5.41, 5.74) is 0.928. The van der Waals surface area contributed by atoms with Crippen molar-refractivity contribution in [3.63, 3.8) is 0 Å². The molecule has 0 radical (unpaired) electrons. The summed E-state index contributed by atoms with van der Waals surface area (Å²) < 4.78 is 10.8. The van der Waals surface area contributed by atoms with Crippen molar-refractivity contribution < 1.29 is 9.15 Å². The molecule has 0 amide bonds. The zero-order valence-corrected chi connectivity index (χ0v) is 16.1. The van der Waals surface area contributed by atoms with Crippen LogP contribution in [0.15, 0.2) is 47.1 Å². The Balaban J connectivity index is 1.63. The van der Waals surface area contributed by atoms with Crippen LogP contribution < -0.4 is 10.1 Å². The fraction of sp³-hybridized carbons (Fsp3) is 0.450. The standard InChI is InChI=1S/C20H27N3O2S/c1-24-18-8-5-7-17(15-18)21-20(26)23(16-19-9-6-14-25-19)13-12-22-10-3-2-4-11-22/h5-9,14-15H,2-4,10-13,16H2,1H3,(H,21,26). The van der Waals surface area contributed by atoms with E-state index in [1.54, 1.807) is 13.4 Å². The number of furan rings is 1. The first-order valence-electron chi connectivity index (χ1n) is 9.19. The third-order valence-corrected chi connectivity index (χ3v) is 5.03. The molecule has 2 aromatic rings. The molecule has 1 N–H and O–H groups in total. The second-order valence-corrected chi connectivity index (χ2v) is 6.95. The zero-order valence-electron chi connectivity index (χ0n) is 15.3. The largest absolute Gasteiger partial charge is 0.497 e. The van der Waals surface area contributed by atoms with Crippen LogP contribution in [0.3, 0.4) is 0 Å². The topological polar surface area (TPSA) is 40.9 Å².